The van der Waals surface area contributed by atoms with E-state index in [4.69, 9.17) is 9.47 Å². The van der Waals surface area contributed by atoms with Gasteiger partial charge in [-0.05, 0) is 55.8 Å². The Morgan fingerprint density at radius 3 is 2.41 bits per heavy atom. The number of likely N-dealkylation sites (N-methyl/N-ethyl adjacent to an activating group) is 1. The largest absolute Gasteiger partial charge is 0.378 e. The molecule has 0 bridgehead atoms. The third-order valence-corrected chi connectivity index (χ3v) is 7.49. The summed E-state index contributed by atoms with van der Waals surface area (Å²) < 4.78 is 11.5. The third kappa shape index (κ3) is 4.78. The van der Waals surface area contributed by atoms with Crippen molar-refractivity contribution in [2.45, 2.75) is 18.9 Å². The number of fused-ring (bicyclic) bond motifs is 1. The van der Waals surface area contributed by atoms with Crippen molar-refractivity contribution in [1.82, 2.24) is 4.90 Å². The molecule has 7 nitrogen and oxygen atoms in total. The van der Waals surface area contributed by atoms with E-state index >= 15 is 0 Å². The summed E-state index contributed by atoms with van der Waals surface area (Å²) in [5, 5.41) is 3.16. The van der Waals surface area contributed by atoms with Gasteiger partial charge in [-0.1, -0.05) is 12.1 Å². The number of carbonyl (C=O) groups excluding carboxylic acids is 1. The van der Waals surface area contributed by atoms with Crippen LogP contribution in [0.25, 0.3) is 0 Å². The monoisotopic (exact) mass is 464 g/mol. The number of methoxy groups -OCH3 is 1. The molecule has 0 aromatic heterocycles. The molecule has 0 saturated carbocycles. The molecule has 34 heavy (non-hydrogen) atoms. The molecular weight excluding hydrogens is 428 g/mol. The molecule has 0 radical (unpaired) electrons. The maximum atomic E-state index is 13.4. The number of nitrogens with zero attached hydrogens (tertiary/aromatic N) is 3. The van der Waals surface area contributed by atoms with E-state index in [2.05, 4.69) is 57.4 Å². The summed E-state index contributed by atoms with van der Waals surface area (Å²) >= 11 is 0. The molecule has 2 fully saturated rings. The summed E-state index contributed by atoms with van der Waals surface area (Å²) in [5.74, 6) is -0.185. The van der Waals surface area contributed by atoms with Crippen molar-refractivity contribution < 1.29 is 14.3 Å². The molecule has 5 rings (SSSR count). The summed E-state index contributed by atoms with van der Waals surface area (Å²) in [6.07, 6.45) is 1.44. The van der Waals surface area contributed by atoms with Crippen molar-refractivity contribution in [2.75, 3.05) is 81.8 Å². The highest BCUT2D eigenvalue weighted by molar-refractivity contribution is 5.93. The first-order valence-electron chi connectivity index (χ1n) is 12.5. The third-order valence-electron chi connectivity index (χ3n) is 7.49. The van der Waals surface area contributed by atoms with Gasteiger partial charge in [0.15, 0.2) is 0 Å². The number of carbonyl (C=O) groups is 1. The molecule has 2 aromatic rings. The molecule has 2 unspecified atom stereocenters. The van der Waals surface area contributed by atoms with Crippen LogP contribution in [0.1, 0.15) is 23.7 Å². The first kappa shape index (κ1) is 23.1. The van der Waals surface area contributed by atoms with E-state index in [0.717, 1.165) is 71.0 Å². The normalized spacial score (nSPS) is 23.5. The number of aryl methyl sites for hydroxylation is 1. The quantitative estimate of drug-likeness (QED) is 0.734. The molecule has 182 valence electrons. The van der Waals surface area contributed by atoms with Crippen molar-refractivity contribution >= 4 is 23.0 Å². The average molecular weight is 465 g/mol. The highest BCUT2D eigenvalue weighted by atomic mass is 16.5. The van der Waals surface area contributed by atoms with Crippen molar-refractivity contribution in [3.8, 4) is 0 Å². The first-order chi connectivity index (χ1) is 16.6. The van der Waals surface area contributed by atoms with Crippen LogP contribution in [0.4, 0.5) is 17.1 Å². The number of benzene rings is 2. The predicted molar refractivity (Wildman–Crippen MR) is 136 cm³/mol. The molecule has 1 N–H and O–H groups in total. The molecule has 1 amide bonds. The number of anilines is 3. The van der Waals surface area contributed by atoms with Gasteiger partial charge in [-0.25, -0.2) is 0 Å². The van der Waals surface area contributed by atoms with Gasteiger partial charge in [0.2, 0.25) is 5.91 Å². The van der Waals surface area contributed by atoms with Gasteiger partial charge in [0.25, 0.3) is 0 Å². The topological polar surface area (TPSA) is 57.3 Å². The lowest BCUT2D eigenvalue weighted by Crippen LogP contribution is -2.45. The van der Waals surface area contributed by atoms with E-state index in [9.17, 15) is 4.79 Å². The number of morpholine rings is 1. The number of ether oxygens (including phenoxy) is 2. The summed E-state index contributed by atoms with van der Waals surface area (Å²) in [4.78, 5) is 20.6. The molecule has 0 spiro atoms. The Morgan fingerprint density at radius 1 is 0.971 bits per heavy atom. The van der Waals surface area contributed by atoms with E-state index in [1.807, 2.05) is 12.1 Å². The molecule has 7 heteroatoms. The smallest absolute Gasteiger partial charge is 0.230 e. The second-order valence-electron chi connectivity index (χ2n) is 9.58. The lowest BCUT2D eigenvalue weighted by atomic mass is 9.79. The van der Waals surface area contributed by atoms with Gasteiger partial charge in [-0.2, -0.15) is 0 Å². The predicted octanol–water partition coefficient (Wildman–Crippen LogP) is 3.16. The zero-order chi connectivity index (χ0) is 23.5. The Morgan fingerprint density at radius 2 is 1.71 bits per heavy atom. The summed E-state index contributed by atoms with van der Waals surface area (Å²) in [6.45, 7) is 7.41. The number of piperazine rings is 1. The minimum absolute atomic E-state index is 0.0322. The van der Waals surface area contributed by atoms with Crippen LogP contribution in [0.15, 0.2) is 42.5 Å². The Balaban J connectivity index is 1.32. The number of hydrogen-bond donors (Lipinski definition) is 1. The molecule has 1 aliphatic carbocycles. The highest BCUT2D eigenvalue weighted by Crippen LogP contribution is 2.42. The Bertz CT molecular complexity index is 982. The van der Waals surface area contributed by atoms with Crippen LogP contribution >= 0.6 is 0 Å². The first-order valence-corrected chi connectivity index (χ1v) is 12.5. The van der Waals surface area contributed by atoms with Crippen LogP contribution in [-0.2, 0) is 20.7 Å². The zero-order valence-corrected chi connectivity index (χ0v) is 20.3. The lowest BCUT2D eigenvalue weighted by Gasteiger charge is -2.39. The number of hydrogen-bond acceptors (Lipinski definition) is 6. The van der Waals surface area contributed by atoms with Gasteiger partial charge in [0.05, 0.1) is 25.2 Å². The van der Waals surface area contributed by atoms with E-state index in [1.165, 1.54) is 22.5 Å². The molecule has 2 aromatic carbocycles. The number of nitrogens with one attached hydrogen (secondary N) is 1. The standard InChI is InChI=1S/C27H36N4O3/c1-29-12-14-31(15-13-29)24-5-3-4-20-6-11-23(26(33-2)25(20)24)27(32)28-21-7-9-22(10-8-21)30-16-18-34-19-17-30/h3-5,7-10,23,26H,6,11-19H2,1-2H3,(H,28,32). The fraction of sp³-hybridized carbons (Fsp3) is 0.519. The molecular formula is C27H36N4O3. The second kappa shape index (κ2) is 10.3. The fourth-order valence-corrected chi connectivity index (χ4v) is 5.50. The molecule has 2 atom stereocenters. The van der Waals surface area contributed by atoms with E-state index < -0.39 is 0 Å². The van der Waals surface area contributed by atoms with Gasteiger partial charge in [0.1, 0.15) is 0 Å². The Labute approximate surface area is 202 Å². The summed E-state index contributed by atoms with van der Waals surface area (Å²) in [6, 6.07) is 14.7. The molecule has 3 aliphatic rings. The summed E-state index contributed by atoms with van der Waals surface area (Å²) in [7, 11) is 3.90. The fourth-order valence-electron chi connectivity index (χ4n) is 5.50. The number of amides is 1. The van der Waals surface area contributed by atoms with Crippen LogP contribution < -0.4 is 15.1 Å². The molecule has 2 heterocycles. The summed E-state index contributed by atoms with van der Waals surface area (Å²) in [5.41, 5.74) is 5.73. The zero-order valence-electron chi connectivity index (χ0n) is 20.3. The van der Waals surface area contributed by atoms with Gasteiger partial charge < -0.3 is 29.5 Å². The SMILES string of the molecule is COC1c2c(cccc2N2CCN(C)CC2)CCC1C(=O)Nc1ccc(N2CCOCC2)cc1. The second-order valence-corrected chi connectivity index (χ2v) is 9.58. The van der Waals surface area contributed by atoms with Crippen LogP contribution in [0.2, 0.25) is 0 Å². The van der Waals surface area contributed by atoms with Gasteiger partial charge >= 0.3 is 0 Å². The van der Waals surface area contributed by atoms with Gasteiger partial charge in [-0.3, -0.25) is 4.79 Å². The van der Waals surface area contributed by atoms with Gasteiger partial charge in [-0.15, -0.1) is 0 Å². The average Bonchev–Trinajstić information content (AvgIpc) is 2.89. The Kier molecular flexibility index (Phi) is 7.04. The van der Waals surface area contributed by atoms with Crippen LogP contribution in [0.3, 0.4) is 0 Å². The van der Waals surface area contributed by atoms with Gasteiger partial charge in [0, 0.05) is 69.0 Å². The minimum atomic E-state index is -0.243. The Hall–Kier alpha value is -2.61. The van der Waals surface area contributed by atoms with Crippen molar-refractivity contribution in [3.63, 3.8) is 0 Å². The van der Waals surface area contributed by atoms with Crippen LogP contribution in [0, 0.1) is 5.92 Å². The van der Waals surface area contributed by atoms with Crippen molar-refractivity contribution in [2.24, 2.45) is 5.92 Å². The van der Waals surface area contributed by atoms with Crippen molar-refractivity contribution in [1.29, 1.82) is 0 Å². The van der Waals surface area contributed by atoms with E-state index in [1.54, 1.807) is 7.11 Å². The van der Waals surface area contributed by atoms with Crippen molar-refractivity contribution in [3.05, 3.63) is 53.6 Å². The molecule has 2 saturated heterocycles. The van der Waals surface area contributed by atoms with Crippen LogP contribution in [-0.4, -0.2) is 77.4 Å². The minimum Gasteiger partial charge on any atom is -0.378 e. The van der Waals surface area contributed by atoms with E-state index in [-0.39, 0.29) is 17.9 Å². The van der Waals surface area contributed by atoms with E-state index in [0.29, 0.717) is 0 Å². The highest BCUT2D eigenvalue weighted by Gasteiger charge is 2.37. The lowest BCUT2D eigenvalue weighted by molar-refractivity contribution is -0.125. The molecule has 2 aliphatic heterocycles. The maximum absolute atomic E-state index is 13.4. The maximum Gasteiger partial charge on any atom is 0.230 e. The van der Waals surface area contributed by atoms with Crippen LogP contribution in [0.5, 0.6) is 0 Å². The number of rotatable bonds is 5.